The molecule has 1 fully saturated rings. The van der Waals surface area contributed by atoms with Crippen LogP contribution in [0.3, 0.4) is 0 Å². The Morgan fingerprint density at radius 2 is 2.06 bits per heavy atom. The molecule has 0 aromatic carbocycles. The summed E-state index contributed by atoms with van der Waals surface area (Å²) in [6.45, 7) is 5.39. The Bertz CT molecular complexity index is 345. The maximum Gasteiger partial charge on any atom is 0.319 e. The largest absolute Gasteiger partial charge is 0.468 e. The molecular formula is C12H18N2O2S. The van der Waals surface area contributed by atoms with Crippen molar-refractivity contribution < 1.29 is 9.53 Å². The first kappa shape index (κ1) is 12.5. The summed E-state index contributed by atoms with van der Waals surface area (Å²) < 4.78 is 4.67. The van der Waals surface area contributed by atoms with Crippen LogP contribution >= 0.6 is 11.3 Å². The summed E-state index contributed by atoms with van der Waals surface area (Å²) in [7, 11) is 1.44. The molecule has 0 N–H and O–H groups in total. The number of hydrogen-bond acceptors (Lipinski definition) is 5. The van der Waals surface area contributed by atoms with E-state index in [1.165, 1.54) is 12.0 Å². The van der Waals surface area contributed by atoms with Gasteiger partial charge in [-0.3, -0.25) is 14.6 Å². The van der Waals surface area contributed by atoms with Crippen LogP contribution in [0.2, 0.25) is 0 Å². The van der Waals surface area contributed by atoms with Crippen molar-refractivity contribution in [2.75, 3.05) is 39.8 Å². The summed E-state index contributed by atoms with van der Waals surface area (Å²) in [6.07, 6.45) is 0. The van der Waals surface area contributed by atoms with Crippen molar-refractivity contribution in [1.29, 1.82) is 0 Å². The normalized spacial score (nSPS) is 18.2. The van der Waals surface area contributed by atoms with E-state index in [4.69, 9.17) is 0 Å². The smallest absolute Gasteiger partial charge is 0.319 e. The highest BCUT2D eigenvalue weighted by molar-refractivity contribution is 7.09. The fourth-order valence-corrected chi connectivity index (χ4v) is 2.72. The summed E-state index contributed by atoms with van der Waals surface area (Å²) in [5, 5.41) is 2.11. The molecule has 0 aliphatic carbocycles. The molecule has 1 aliphatic heterocycles. The molecule has 17 heavy (non-hydrogen) atoms. The Morgan fingerprint density at radius 3 is 2.65 bits per heavy atom. The first-order valence-electron chi connectivity index (χ1n) is 5.82. The maximum absolute atomic E-state index is 11.1. The van der Waals surface area contributed by atoms with Gasteiger partial charge in [-0.1, -0.05) is 6.07 Å². The molecule has 1 aliphatic rings. The topological polar surface area (TPSA) is 32.8 Å². The number of rotatable bonds is 4. The van der Waals surface area contributed by atoms with E-state index in [0.29, 0.717) is 6.54 Å². The number of esters is 1. The van der Waals surface area contributed by atoms with Crippen LogP contribution in [0.4, 0.5) is 0 Å². The summed E-state index contributed by atoms with van der Waals surface area (Å²) in [5.41, 5.74) is 0. The minimum absolute atomic E-state index is 0.142. The molecule has 0 saturated carbocycles. The van der Waals surface area contributed by atoms with E-state index in [-0.39, 0.29) is 5.97 Å². The van der Waals surface area contributed by atoms with Gasteiger partial charge in [-0.05, 0) is 11.4 Å². The second-order valence-electron chi connectivity index (χ2n) is 4.21. The third kappa shape index (κ3) is 3.80. The van der Waals surface area contributed by atoms with Gasteiger partial charge in [0.1, 0.15) is 0 Å². The van der Waals surface area contributed by atoms with E-state index in [1.807, 2.05) is 0 Å². The Labute approximate surface area is 106 Å². The monoisotopic (exact) mass is 254 g/mol. The molecule has 2 rings (SSSR count). The number of hydrogen-bond donors (Lipinski definition) is 0. The highest BCUT2D eigenvalue weighted by atomic mass is 32.1. The lowest BCUT2D eigenvalue weighted by molar-refractivity contribution is -0.142. The molecule has 2 heterocycles. The standard InChI is InChI=1S/C12H18N2O2S/c1-16-12(15)10-14-6-4-13(5-7-14)9-11-3-2-8-17-11/h2-3,8H,4-7,9-10H2,1H3. The Hall–Kier alpha value is -0.910. The van der Waals surface area contributed by atoms with Gasteiger partial charge in [0.05, 0.1) is 13.7 Å². The number of carbonyl (C=O) groups is 1. The third-order valence-electron chi connectivity index (χ3n) is 3.00. The van der Waals surface area contributed by atoms with Gasteiger partial charge in [0.15, 0.2) is 0 Å². The SMILES string of the molecule is COC(=O)CN1CCN(Cc2cccs2)CC1. The van der Waals surface area contributed by atoms with Crippen LogP contribution in [0.15, 0.2) is 17.5 Å². The van der Waals surface area contributed by atoms with E-state index >= 15 is 0 Å². The molecule has 1 aromatic heterocycles. The number of nitrogens with zero attached hydrogens (tertiary/aromatic N) is 2. The lowest BCUT2D eigenvalue weighted by Crippen LogP contribution is -2.47. The van der Waals surface area contributed by atoms with Crippen molar-refractivity contribution in [3.63, 3.8) is 0 Å². The van der Waals surface area contributed by atoms with Crippen LogP contribution in [0.5, 0.6) is 0 Å². The van der Waals surface area contributed by atoms with Gasteiger partial charge in [-0.25, -0.2) is 0 Å². The molecule has 5 heteroatoms. The Morgan fingerprint density at radius 1 is 1.35 bits per heavy atom. The second-order valence-corrected chi connectivity index (χ2v) is 5.24. The second kappa shape index (κ2) is 6.14. The maximum atomic E-state index is 11.1. The van der Waals surface area contributed by atoms with Crippen molar-refractivity contribution >= 4 is 17.3 Å². The van der Waals surface area contributed by atoms with Crippen molar-refractivity contribution in [1.82, 2.24) is 9.80 Å². The zero-order chi connectivity index (χ0) is 12.1. The summed E-state index contributed by atoms with van der Waals surface area (Å²) >= 11 is 1.80. The average molecular weight is 254 g/mol. The molecule has 4 nitrogen and oxygen atoms in total. The lowest BCUT2D eigenvalue weighted by Gasteiger charge is -2.33. The first-order chi connectivity index (χ1) is 8.28. The van der Waals surface area contributed by atoms with Crippen molar-refractivity contribution in [3.8, 4) is 0 Å². The van der Waals surface area contributed by atoms with Crippen LogP contribution in [0.25, 0.3) is 0 Å². The Balaban J connectivity index is 1.72. The zero-order valence-corrected chi connectivity index (χ0v) is 10.9. The first-order valence-corrected chi connectivity index (χ1v) is 6.70. The average Bonchev–Trinajstić information content (AvgIpc) is 2.84. The molecule has 1 saturated heterocycles. The quantitative estimate of drug-likeness (QED) is 0.752. The number of ether oxygens (including phenoxy) is 1. The third-order valence-corrected chi connectivity index (χ3v) is 3.87. The zero-order valence-electron chi connectivity index (χ0n) is 10.1. The Kier molecular flexibility index (Phi) is 4.53. The molecule has 0 amide bonds. The molecule has 0 bridgehead atoms. The van der Waals surface area contributed by atoms with Gasteiger partial charge in [0.2, 0.25) is 0 Å². The summed E-state index contributed by atoms with van der Waals surface area (Å²) in [6, 6.07) is 4.26. The highest BCUT2D eigenvalue weighted by Crippen LogP contribution is 2.13. The molecule has 0 radical (unpaired) electrons. The van der Waals surface area contributed by atoms with Gasteiger partial charge in [-0.15, -0.1) is 11.3 Å². The molecular weight excluding hydrogens is 236 g/mol. The lowest BCUT2D eigenvalue weighted by atomic mass is 10.3. The number of thiophene rings is 1. The molecule has 1 aromatic rings. The van der Waals surface area contributed by atoms with Crippen molar-refractivity contribution in [2.24, 2.45) is 0 Å². The summed E-state index contributed by atoms with van der Waals surface area (Å²) in [5.74, 6) is -0.142. The van der Waals surface area contributed by atoms with Crippen molar-refractivity contribution in [3.05, 3.63) is 22.4 Å². The number of methoxy groups -OCH3 is 1. The molecule has 94 valence electrons. The van der Waals surface area contributed by atoms with Gasteiger partial charge < -0.3 is 4.74 Å². The van der Waals surface area contributed by atoms with Crippen LogP contribution in [0, 0.1) is 0 Å². The van der Waals surface area contributed by atoms with Gasteiger partial charge in [-0.2, -0.15) is 0 Å². The van der Waals surface area contributed by atoms with E-state index in [1.54, 1.807) is 11.3 Å². The molecule has 0 spiro atoms. The van der Waals surface area contributed by atoms with Crippen LogP contribution in [0.1, 0.15) is 4.88 Å². The van der Waals surface area contributed by atoms with E-state index < -0.39 is 0 Å². The van der Waals surface area contributed by atoms with Gasteiger partial charge in [0, 0.05) is 37.6 Å². The van der Waals surface area contributed by atoms with Crippen LogP contribution in [-0.2, 0) is 16.1 Å². The minimum Gasteiger partial charge on any atom is -0.468 e. The molecule has 0 atom stereocenters. The van der Waals surface area contributed by atoms with Crippen LogP contribution in [-0.4, -0.2) is 55.6 Å². The van der Waals surface area contributed by atoms with E-state index in [0.717, 1.165) is 32.7 Å². The summed E-state index contributed by atoms with van der Waals surface area (Å²) in [4.78, 5) is 17.1. The van der Waals surface area contributed by atoms with Crippen LogP contribution < -0.4 is 0 Å². The molecule has 0 unspecified atom stereocenters. The van der Waals surface area contributed by atoms with E-state index in [2.05, 4.69) is 32.0 Å². The van der Waals surface area contributed by atoms with Gasteiger partial charge >= 0.3 is 5.97 Å². The minimum atomic E-state index is -0.142. The fraction of sp³-hybridized carbons (Fsp3) is 0.583. The predicted molar refractivity (Wildman–Crippen MR) is 68.1 cm³/mol. The predicted octanol–water partition coefficient (Wildman–Crippen LogP) is 1.04. The highest BCUT2D eigenvalue weighted by Gasteiger charge is 2.19. The number of carbonyl (C=O) groups excluding carboxylic acids is 1. The fourth-order valence-electron chi connectivity index (χ4n) is 1.98. The number of piperazine rings is 1. The van der Waals surface area contributed by atoms with Gasteiger partial charge in [0.25, 0.3) is 0 Å². The van der Waals surface area contributed by atoms with Crippen molar-refractivity contribution in [2.45, 2.75) is 6.54 Å². The van der Waals surface area contributed by atoms with E-state index in [9.17, 15) is 4.79 Å².